The largest absolute Gasteiger partial charge is 0.490 e. The van der Waals surface area contributed by atoms with Gasteiger partial charge in [-0.05, 0) is 18.2 Å². The molecular formula is C18H17F3N4O4. The minimum absolute atomic E-state index is 0.221. The summed E-state index contributed by atoms with van der Waals surface area (Å²) in [5.74, 6) is -0.228. The van der Waals surface area contributed by atoms with Crippen LogP contribution in [0, 0.1) is 15.5 Å². The summed E-state index contributed by atoms with van der Waals surface area (Å²) in [5.41, 5.74) is -1.70. The van der Waals surface area contributed by atoms with Gasteiger partial charge in [0, 0.05) is 32.0 Å². The van der Waals surface area contributed by atoms with E-state index in [9.17, 15) is 28.5 Å². The predicted molar refractivity (Wildman–Crippen MR) is 96.8 cm³/mol. The number of benzene rings is 1. The van der Waals surface area contributed by atoms with E-state index in [1.165, 1.54) is 24.3 Å². The maximum Gasteiger partial charge on any atom is 0.419 e. The van der Waals surface area contributed by atoms with Gasteiger partial charge in [-0.2, -0.15) is 13.2 Å². The summed E-state index contributed by atoms with van der Waals surface area (Å²) in [7, 11) is 0. The number of alkyl halides is 3. The number of nitro groups is 1. The molecule has 11 heteroatoms. The Balaban J connectivity index is 1.70. The summed E-state index contributed by atoms with van der Waals surface area (Å²) in [5, 5.41) is 31.0. The number of hydrogen-bond donors (Lipinski definition) is 2. The van der Waals surface area contributed by atoms with Gasteiger partial charge in [-0.25, -0.2) is 0 Å². The number of nitrogens with zero attached hydrogens (tertiary/aromatic N) is 3. The maximum atomic E-state index is 13.1. The van der Waals surface area contributed by atoms with Crippen LogP contribution in [0.3, 0.4) is 0 Å². The molecule has 3 rings (SSSR count). The Kier molecular flexibility index (Phi) is 5.57. The summed E-state index contributed by atoms with van der Waals surface area (Å²) >= 11 is 0. The molecule has 2 aliphatic rings. The molecular weight excluding hydrogens is 393 g/mol. The Morgan fingerprint density at radius 3 is 2.48 bits per heavy atom. The van der Waals surface area contributed by atoms with Crippen molar-refractivity contribution in [1.29, 1.82) is 5.41 Å². The second kappa shape index (κ2) is 7.94. The third-order valence-corrected chi connectivity index (χ3v) is 4.70. The van der Waals surface area contributed by atoms with Gasteiger partial charge in [0.05, 0.1) is 16.2 Å². The lowest BCUT2D eigenvalue weighted by molar-refractivity contribution is -0.414. The van der Waals surface area contributed by atoms with E-state index >= 15 is 0 Å². The first-order chi connectivity index (χ1) is 13.7. The van der Waals surface area contributed by atoms with Crippen molar-refractivity contribution >= 4 is 11.4 Å². The van der Waals surface area contributed by atoms with Crippen molar-refractivity contribution in [3.63, 3.8) is 0 Å². The highest BCUT2D eigenvalue weighted by Gasteiger charge is 2.36. The molecule has 1 fully saturated rings. The quantitative estimate of drug-likeness (QED) is 0.342. The van der Waals surface area contributed by atoms with E-state index in [4.69, 9.17) is 10.1 Å². The van der Waals surface area contributed by atoms with E-state index in [-0.39, 0.29) is 11.5 Å². The van der Waals surface area contributed by atoms with Crippen LogP contribution in [0.1, 0.15) is 18.4 Å². The van der Waals surface area contributed by atoms with Crippen LogP contribution in [-0.2, 0) is 6.18 Å². The Hall–Kier alpha value is -3.37. The zero-order chi connectivity index (χ0) is 21.2. The second-order valence-corrected chi connectivity index (χ2v) is 6.48. The molecule has 2 N–H and O–H groups in total. The van der Waals surface area contributed by atoms with E-state index in [2.05, 4.69) is 5.16 Å². The minimum Gasteiger partial charge on any atom is -0.490 e. The third kappa shape index (κ3) is 4.23. The van der Waals surface area contributed by atoms with Crippen LogP contribution in [-0.4, -0.2) is 45.6 Å². The second-order valence-electron chi connectivity index (χ2n) is 6.48. The maximum absolute atomic E-state index is 13.1. The lowest BCUT2D eigenvalue weighted by atomic mass is 9.99. The van der Waals surface area contributed by atoms with Crippen LogP contribution in [0.4, 0.5) is 13.2 Å². The van der Waals surface area contributed by atoms with Gasteiger partial charge in [0.15, 0.2) is 11.4 Å². The van der Waals surface area contributed by atoms with Gasteiger partial charge in [-0.3, -0.25) is 15.5 Å². The monoisotopic (exact) mass is 410 g/mol. The fourth-order valence-electron chi connectivity index (χ4n) is 3.28. The van der Waals surface area contributed by atoms with Crippen molar-refractivity contribution in [1.82, 2.24) is 4.90 Å². The van der Waals surface area contributed by atoms with Crippen molar-refractivity contribution in [3.05, 3.63) is 63.5 Å². The van der Waals surface area contributed by atoms with Crippen LogP contribution in [0.2, 0.25) is 0 Å². The predicted octanol–water partition coefficient (Wildman–Crippen LogP) is 3.46. The molecule has 1 aromatic carbocycles. The summed E-state index contributed by atoms with van der Waals surface area (Å²) < 4.78 is 44.9. The van der Waals surface area contributed by atoms with E-state index in [0.717, 1.165) is 12.1 Å². The lowest BCUT2D eigenvalue weighted by Crippen LogP contribution is -2.42. The Bertz CT molecular complexity index is 916. The molecule has 0 aromatic heterocycles. The number of rotatable bonds is 4. The minimum atomic E-state index is -4.52. The van der Waals surface area contributed by atoms with Crippen molar-refractivity contribution < 1.29 is 28.0 Å². The highest BCUT2D eigenvalue weighted by Crippen LogP contribution is 2.37. The number of para-hydroxylation sites is 1. The Morgan fingerprint density at radius 1 is 1.24 bits per heavy atom. The summed E-state index contributed by atoms with van der Waals surface area (Å²) in [6.07, 6.45) is -1.63. The fraction of sp³-hybridized carbons (Fsp3) is 0.333. The molecule has 1 saturated heterocycles. The van der Waals surface area contributed by atoms with Crippen LogP contribution < -0.4 is 4.74 Å². The van der Waals surface area contributed by atoms with Crippen LogP contribution in [0.5, 0.6) is 5.75 Å². The molecule has 0 radical (unpaired) electrons. The first kappa shape index (κ1) is 20.4. The van der Waals surface area contributed by atoms with E-state index in [1.54, 1.807) is 4.90 Å². The molecule has 154 valence electrons. The SMILES string of the molecule is N=C1C([N+](=O)[O-])=CC=C(N2CCC(Oc3ccccc3C(F)(F)F)CC2)/C1=N/O. The molecule has 0 atom stereocenters. The summed E-state index contributed by atoms with van der Waals surface area (Å²) in [6.45, 7) is 0.719. The molecule has 0 saturated carbocycles. The van der Waals surface area contributed by atoms with Crippen molar-refractivity contribution in [3.8, 4) is 5.75 Å². The molecule has 0 amide bonds. The van der Waals surface area contributed by atoms with Gasteiger partial charge in [0.2, 0.25) is 0 Å². The topological polar surface area (TPSA) is 112 Å². The highest BCUT2D eigenvalue weighted by molar-refractivity contribution is 6.52. The van der Waals surface area contributed by atoms with Crippen molar-refractivity contribution in [2.45, 2.75) is 25.1 Å². The molecule has 1 aliphatic heterocycles. The average molecular weight is 410 g/mol. The Labute approximate surface area is 163 Å². The first-order valence-corrected chi connectivity index (χ1v) is 8.68. The molecule has 0 bridgehead atoms. The van der Waals surface area contributed by atoms with Crippen molar-refractivity contribution in [2.24, 2.45) is 5.16 Å². The van der Waals surface area contributed by atoms with Gasteiger partial charge in [-0.1, -0.05) is 17.3 Å². The smallest absolute Gasteiger partial charge is 0.419 e. The Morgan fingerprint density at radius 2 is 1.90 bits per heavy atom. The standard InChI is InChI=1S/C18H17F3N4O4/c19-18(20,21)12-3-1-2-4-15(12)29-11-7-9-24(10-8-11)14-6-5-13(25(27)28)16(22)17(14)23-26/h1-6,11,22,26H,7-10H2/b22-16?,23-17-. The summed E-state index contributed by atoms with van der Waals surface area (Å²) in [6, 6.07) is 5.01. The number of hydrogen-bond acceptors (Lipinski definition) is 7. The van der Waals surface area contributed by atoms with E-state index in [1.807, 2.05) is 0 Å². The molecule has 1 aliphatic carbocycles. The van der Waals surface area contributed by atoms with Gasteiger partial charge < -0.3 is 14.8 Å². The molecule has 29 heavy (non-hydrogen) atoms. The zero-order valence-electron chi connectivity index (χ0n) is 15.0. The van der Waals surface area contributed by atoms with E-state index < -0.39 is 34.2 Å². The zero-order valence-corrected chi connectivity index (χ0v) is 15.0. The molecule has 0 unspecified atom stereocenters. The van der Waals surface area contributed by atoms with Gasteiger partial charge >= 0.3 is 6.18 Å². The van der Waals surface area contributed by atoms with Gasteiger partial charge in [0.1, 0.15) is 11.9 Å². The number of oxime groups is 1. The number of nitrogens with one attached hydrogen (secondary N) is 1. The van der Waals surface area contributed by atoms with Crippen LogP contribution >= 0.6 is 0 Å². The number of ether oxygens (including phenoxy) is 1. The first-order valence-electron chi connectivity index (χ1n) is 8.68. The number of halogens is 3. The number of piperidine rings is 1. The van der Waals surface area contributed by atoms with Gasteiger partial charge in [0.25, 0.3) is 5.70 Å². The molecule has 8 nitrogen and oxygen atoms in total. The van der Waals surface area contributed by atoms with E-state index in [0.29, 0.717) is 31.6 Å². The molecule has 1 heterocycles. The summed E-state index contributed by atoms with van der Waals surface area (Å²) in [4.78, 5) is 12.0. The van der Waals surface area contributed by atoms with Gasteiger partial charge in [-0.15, -0.1) is 0 Å². The number of allylic oxidation sites excluding steroid dienone is 4. The lowest BCUT2D eigenvalue weighted by Gasteiger charge is -2.35. The average Bonchev–Trinajstić information content (AvgIpc) is 2.67. The van der Waals surface area contributed by atoms with Crippen molar-refractivity contribution in [2.75, 3.05) is 13.1 Å². The van der Waals surface area contributed by atoms with Crippen LogP contribution in [0.25, 0.3) is 0 Å². The third-order valence-electron chi connectivity index (χ3n) is 4.70. The molecule has 0 spiro atoms. The molecule has 1 aromatic rings. The number of likely N-dealkylation sites (tertiary alicyclic amines) is 1. The van der Waals surface area contributed by atoms with Crippen LogP contribution in [0.15, 0.2) is 53.0 Å². The fourth-order valence-corrected chi connectivity index (χ4v) is 3.28. The normalized spacial score (nSPS) is 19.8. The highest BCUT2D eigenvalue weighted by atomic mass is 19.4.